The van der Waals surface area contributed by atoms with Gasteiger partial charge < -0.3 is 4.90 Å². The molecular weight excluding hydrogens is 372 g/mol. The van der Waals surface area contributed by atoms with E-state index in [4.69, 9.17) is 12.2 Å². The Morgan fingerprint density at radius 2 is 2.12 bits per heavy atom. The highest BCUT2D eigenvalue weighted by Gasteiger charge is 2.32. The summed E-state index contributed by atoms with van der Waals surface area (Å²) in [6.45, 7) is 1.27. The summed E-state index contributed by atoms with van der Waals surface area (Å²) in [5.41, 5.74) is 0. The van der Waals surface area contributed by atoms with E-state index in [1.807, 2.05) is 33.0 Å². The molecule has 1 amide bonds. The van der Waals surface area contributed by atoms with Crippen molar-refractivity contribution >= 4 is 40.8 Å². The second kappa shape index (κ2) is 7.23. The van der Waals surface area contributed by atoms with Gasteiger partial charge in [0.1, 0.15) is 0 Å². The average molecular weight is 391 g/mol. The summed E-state index contributed by atoms with van der Waals surface area (Å²) < 4.78 is 2.49. The maximum atomic E-state index is 12.8. The smallest absolute Gasteiger partial charge is 0.224 e. The zero-order valence-electron chi connectivity index (χ0n) is 13.6. The van der Waals surface area contributed by atoms with E-state index in [0.29, 0.717) is 23.8 Å². The van der Waals surface area contributed by atoms with Crippen molar-refractivity contribution in [2.45, 2.75) is 38.4 Å². The summed E-state index contributed by atoms with van der Waals surface area (Å²) in [5, 5.41) is 11.2. The van der Waals surface area contributed by atoms with Gasteiger partial charge in [0.2, 0.25) is 5.91 Å². The molecule has 1 fully saturated rings. The summed E-state index contributed by atoms with van der Waals surface area (Å²) in [5.74, 6) is 1.00. The van der Waals surface area contributed by atoms with Gasteiger partial charge in [-0.05, 0) is 48.0 Å². The van der Waals surface area contributed by atoms with E-state index in [9.17, 15) is 4.79 Å². The molecule has 1 N–H and O–H groups in total. The van der Waals surface area contributed by atoms with E-state index in [1.54, 1.807) is 22.7 Å². The van der Waals surface area contributed by atoms with Crippen molar-refractivity contribution in [2.24, 2.45) is 0 Å². The molecule has 25 heavy (non-hydrogen) atoms. The average Bonchev–Trinajstić information content (AvgIpc) is 3.03. The summed E-state index contributed by atoms with van der Waals surface area (Å²) in [6, 6.07) is 8.54. The fraction of sp³-hybridized carbons (Fsp3) is 0.353. The summed E-state index contributed by atoms with van der Waals surface area (Å²) in [7, 11) is 0. The number of rotatable bonds is 7. The van der Waals surface area contributed by atoms with Crippen LogP contribution in [0.2, 0.25) is 0 Å². The van der Waals surface area contributed by atoms with Gasteiger partial charge in [0.15, 0.2) is 10.6 Å². The molecule has 0 aliphatic heterocycles. The standard InChI is InChI=1S/C17H18N4OS3/c22-15(21(12-5-6-12)11-13-3-1-9-24-13)7-8-20-16(18-19-17(20)23)14-4-2-10-25-14/h1-4,9-10,12H,5-8,11H2,(H,19,23). The molecule has 130 valence electrons. The molecule has 0 atom stereocenters. The Bertz CT molecular complexity index is 891. The number of aromatic nitrogens is 3. The summed E-state index contributed by atoms with van der Waals surface area (Å²) in [4.78, 5) is 17.1. The zero-order valence-corrected chi connectivity index (χ0v) is 16.0. The topological polar surface area (TPSA) is 53.9 Å². The highest BCUT2D eigenvalue weighted by molar-refractivity contribution is 7.71. The molecule has 4 rings (SSSR count). The van der Waals surface area contributed by atoms with Crippen LogP contribution < -0.4 is 0 Å². The Hall–Kier alpha value is -1.77. The zero-order chi connectivity index (χ0) is 17.2. The van der Waals surface area contributed by atoms with Crippen molar-refractivity contribution in [2.75, 3.05) is 0 Å². The van der Waals surface area contributed by atoms with Crippen molar-refractivity contribution in [1.29, 1.82) is 0 Å². The molecule has 3 aromatic rings. The van der Waals surface area contributed by atoms with Crippen LogP contribution in [0.1, 0.15) is 24.1 Å². The maximum absolute atomic E-state index is 12.8. The lowest BCUT2D eigenvalue weighted by molar-refractivity contribution is -0.132. The molecule has 0 unspecified atom stereocenters. The Morgan fingerprint density at radius 1 is 1.32 bits per heavy atom. The molecule has 0 bridgehead atoms. The van der Waals surface area contributed by atoms with Crippen LogP contribution in [0.3, 0.4) is 0 Å². The van der Waals surface area contributed by atoms with E-state index in [-0.39, 0.29) is 5.91 Å². The molecular formula is C17H18N4OS3. The SMILES string of the molecule is O=C(CCn1c(-c2cccs2)n[nH]c1=S)N(Cc1cccs1)C1CC1. The van der Waals surface area contributed by atoms with Gasteiger partial charge in [-0.15, -0.1) is 22.7 Å². The molecule has 1 aliphatic rings. The van der Waals surface area contributed by atoms with Gasteiger partial charge in [-0.25, -0.2) is 0 Å². The lowest BCUT2D eigenvalue weighted by Gasteiger charge is -2.22. The maximum Gasteiger partial charge on any atom is 0.224 e. The van der Waals surface area contributed by atoms with Crippen LogP contribution in [-0.2, 0) is 17.9 Å². The second-order valence-electron chi connectivity index (χ2n) is 6.06. The molecule has 0 saturated heterocycles. The highest BCUT2D eigenvalue weighted by Crippen LogP contribution is 2.30. The van der Waals surface area contributed by atoms with Crippen molar-refractivity contribution in [1.82, 2.24) is 19.7 Å². The third-order valence-electron chi connectivity index (χ3n) is 4.26. The van der Waals surface area contributed by atoms with Crippen molar-refractivity contribution < 1.29 is 4.79 Å². The summed E-state index contributed by atoms with van der Waals surface area (Å²) in [6.07, 6.45) is 2.67. The predicted molar refractivity (Wildman–Crippen MR) is 103 cm³/mol. The number of hydrogen-bond acceptors (Lipinski definition) is 5. The number of nitrogens with zero attached hydrogens (tertiary/aromatic N) is 3. The van der Waals surface area contributed by atoms with Crippen molar-refractivity contribution in [3.05, 3.63) is 44.7 Å². The van der Waals surface area contributed by atoms with Crippen LogP contribution in [0.4, 0.5) is 0 Å². The lowest BCUT2D eigenvalue weighted by Crippen LogP contribution is -2.32. The van der Waals surface area contributed by atoms with E-state index >= 15 is 0 Å². The van der Waals surface area contributed by atoms with Gasteiger partial charge in [-0.3, -0.25) is 14.5 Å². The number of H-pyrrole nitrogens is 1. The monoisotopic (exact) mass is 390 g/mol. The Labute approximate surface area is 158 Å². The molecule has 1 saturated carbocycles. The van der Waals surface area contributed by atoms with E-state index < -0.39 is 0 Å². The van der Waals surface area contributed by atoms with E-state index in [2.05, 4.69) is 21.6 Å². The largest absolute Gasteiger partial charge is 0.335 e. The molecule has 0 radical (unpaired) electrons. The minimum absolute atomic E-state index is 0.191. The third-order valence-corrected chi connectivity index (χ3v) is 6.30. The van der Waals surface area contributed by atoms with Gasteiger partial charge in [0, 0.05) is 23.9 Å². The fourth-order valence-corrected chi connectivity index (χ4v) is 4.50. The van der Waals surface area contributed by atoms with Crippen molar-refractivity contribution in [3.63, 3.8) is 0 Å². The molecule has 1 aliphatic carbocycles. The molecule has 3 heterocycles. The van der Waals surface area contributed by atoms with Crippen LogP contribution in [0.25, 0.3) is 10.7 Å². The Morgan fingerprint density at radius 3 is 2.80 bits per heavy atom. The minimum Gasteiger partial charge on any atom is -0.335 e. The number of carbonyl (C=O) groups is 1. The normalized spacial score (nSPS) is 13.9. The highest BCUT2D eigenvalue weighted by atomic mass is 32.1. The fourth-order valence-electron chi connectivity index (χ4n) is 2.85. The Kier molecular flexibility index (Phi) is 4.82. The van der Waals surface area contributed by atoms with Gasteiger partial charge in [0.25, 0.3) is 0 Å². The Balaban J connectivity index is 1.46. The quantitative estimate of drug-likeness (QED) is 0.612. The third kappa shape index (κ3) is 3.75. The first-order valence-corrected chi connectivity index (χ1v) is 10.4. The number of carbonyl (C=O) groups excluding carboxylic acids is 1. The van der Waals surface area contributed by atoms with Gasteiger partial charge in [-0.2, -0.15) is 5.10 Å². The first-order chi connectivity index (χ1) is 12.2. The van der Waals surface area contributed by atoms with Gasteiger partial charge in [0.05, 0.1) is 11.4 Å². The predicted octanol–water partition coefficient (Wildman–Crippen LogP) is 4.31. The lowest BCUT2D eigenvalue weighted by atomic mass is 10.3. The number of nitrogens with one attached hydrogen (secondary N) is 1. The number of thiophene rings is 2. The molecule has 0 aromatic carbocycles. The van der Waals surface area contributed by atoms with Crippen LogP contribution in [0.5, 0.6) is 0 Å². The number of amides is 1. The second-order valence-corrected chi connectivity index (χ2v) is 8.43. The van der Waals surface area contributed by atoms with Crippen LogP contribution in [-0.4, -0.2) is 31.6 Å². The van der Waals surface area contributed by atoms with Crippen LogP contribution >= 0.6 is 34.9 Å². The van der Waals surface area contributed by atoms with E-state index in [1.165, 1.54) is 4.88 Å². The van der Waals surface area contributed by atoms with Gasteiger partial charge >= 0.3 is 0 Å². The molecule has 3 aromatic heterocycles. The van der Waals surface area contributed by atoms with Crippen molar-refractivity contribution in [3.8, 4) is 10.7 Å². The first-order valence-electron chi connectivity index (χ1n) is 8.23. The van der Waals surface area contributed by atoms with Gasteiger partial charge in [-0.1, -0.05) is 12.1 Å². The van der Waals surface area contributed by atoms with Crippen LogP contribution in [0, 0.1) is 4.77 Å². The molecule has 5 nitrogen and oxygen atoms in total. The van der Waals surface area contributed by atoms with E-state index in [0.717, 1.165) is 30.1 Å². The van der Waals surface area contributed by atoms with Crippen LogP contribution in [0.15, 0.2) is 35.0 Å². The molecule has 8 heteroatoms. The molecule has 0 spiro atoms. The first kappa shape index (κ1) is 16.7. The number of aromatic amines is 1. The summed E-state index contributed by atoms with van der Waals surface area (Å²) >= 11 is 8.67. The number of hydrogen-bond donors (Lipinski definition) is 1. The minimum atomic E-state index is 0.191.